The standard InChI is InChI=1S/C13H24N2O2/c1-5-10(6-2)9-15-11(16)8-14-12(17)13(15,4)7-3/h10H,5-9H2,1-4H3,(H,14,17). The van der Waals surface area contributed by atoms with Crippen LogP contribution in [-0.4, -0.2) is 35.3 Å². The van der Waals surface area contributed by atoms with Crippen LogP contribution in [0.4, 0.5) is 0 Å². The molecule has 0 aromatic heterocycles. The highest BCUT2D eigenvalue weighted by Gasteiger charge is 2.44. The Morgan fingerprint density at radius 1 is 1.29 bits per heavy atom. The number of carbonyl (C=O) groups excluding carboxylic acids is 2. The van der Waals surface area contributed by atoms with E-state index in [0.717, 1.165) is 12.8 Å². The molecule has 1 aliphatic heterocycles. The van der Waals surface area contributed by atoms with Crippen molar-refractivity contribution in [3.63, 3.8) is 0 Å². The molecule has 98 valence electrons. The van der Waals surface area contributed by atoms with Crippen LogP contribution >= 0.6 is 0 Å². The van der Waals surface area contributed by atoms with Crippen LogP contribution in [0.15, 0.2) is 0 Å². The van der Waals surface area contributed by atoms with E-state index in [0.29, 0.717) is 18.9 Å². The van der Waals surface area contributed by atoms with Gasteiger partial charge in [-0.05, 0) is 19.3 Å². The summed E-state index contributed by atoms with van der Waals surface area (Å²) in [5, 5.41) is 2.68. The van der Waals surface area contributed by atoms with Crippen molar-refractivity contribution >= 4 is 11.8 Å². The van der Waals surface area contributed by atoms with Gasteiger partial charge in [-0.2, -0.15) is 0 Å². The molecule has 1 atom stereocenters. The van der Waals surface area contributed by atoms with E-state index in [4.69, 9.17) is 0 Å². The van der Waals surface area contributed by atoms with E-state index in [1.165, 1.54) is 0 Å². The minimum atomic E-state index is -0.669. The smallest absolute Gasteiger partial charge is 0.246 e. The second kappa shape index (κ2) is 5.52. The number of piperazine rings is 1. The van der Waals surface area contributed by atoms with Gasteiger partial charge in [-0.1, -0.05) is 33.6 Å². The summed E-state index contributed by atoms with van der Waals surface area (Å²) in [6.07, 6.45) is 2.74. The number of rotatable bonds is 5. The predicted octanol–water partition coefficient (Wildman–Crippen LogP) is 1.55. The largest absolute Gasteiger partial charge is 0.345 e. The summed E-state index contributed by atoms with van der Waals surface area (Å²) in [6, 6.07) is 0. The number of amides is 2. The summed E-state index contributed by atoms with van der Waals surface area (Å²) >= 11 is 0. The molecule has 1 fully saturated rings. The zero-order chi connectivity index (χ0) is 13.1. The molecule has 0 aliphatic carbocycles. The summed E-state index contributed by atoms with van der Waals surface area (Å²) < 4.78 is 0. The van der Waals surface area contributed by atoms with Gasteiger partial charge in [-0.3, -0.25) is 9.59 Å². The molecule has 4 heteroatoms. The Bertz CT molecular complexity index is 300. The first-order valence-electron chi connectivity index (χ1n) is 6.58. The molecule has 4 nitrogen and oxygen atoms in total. The molecule has 0 bridgehead atoms. The molecule has 2 amide bonds. The molecule has 0 radical (unpaired) electrons. The molecule has 0 aromatic rings. The van der Waals surface area contributed by atoms with Crippen molar-refractivity contribution in [2.75, 3.05) is 13.1 Å². The van der Waals surface area contributed by atoms with Crippen LogP contribution < -0.4 is 5.32 Å². The van der Waals surface area contributed by atoms with Gasteiger partial charge < -0.3 is 10.2 Å². The quantitative estimate of drug-likeness (QED) is 0.792. The van der Waals surface area contributed by atoms with Gasteiger partial charge in [0.1, 0.15) is 5.54 Å². The number of nitrogens with one attached hydrogen (secondary N) is 1. The number of hydrogen-bond donors (Lipinski definition) is 1. The van der Waals surface area contributed by atoms with Crippen LogP contribution in [-0.2, 0) is 9.59 Å². The first kappa shape index (κ1) is 14.0. The van der Waals surface area contributed by atoms with Gasteiger partial charge in [0.05, 0.1) is 6.54 Å². The van der Waals surface area contributed by atoms with E-state index < -0.39 is 5.54 Å². The maximum atomic E-state index is 12.0. The topological polar surface area (TPSA) is 49.4 Å². The van der Waals surface area contributed by atoms with Gasteiger partial charge in [-0.15, -0.1) is 0 Å². The van der Waals surface area contributed by atoms with Crippen LogP contribution in [0.2, 0.25) is 0 Å². The Kier molecular flexibility index (Phi) is 4.54. The molecule has 0 aromatic carbocycles. The van der Waals surface area contributed by atoms with Crippen molar-refractivity contribution in [3.05, 3.63) is 0 Å². The van der Waals surface area contributed by atoms with Gasteiger partial charge in [0.2, 0.25) is 11.8 Å². The van der Waals surface area contributed by atoms with Gasteiger partial charge in [0.15, 0.2) is 0 Å². The van der Waals surface area contributed by atoms with Crippen molar-refractivity contribution < 1.29 is 9.59 Å². The maximum absolute atomic E-state index is 12.0. The Balaban J connectivity index is 2.90. The highest BCUT2D eigenvalue weighted by molar-refractivity contribution is 5.97. The molecule has 1 unspecified atom stereocenters. The van der Waals surface area contributed by atoms with Crippen LogP contribution in [0.25, 0.3) is 0 Å². The normalized spacial score (nSPS) is 25.4. The fourth-order valence-corrected chi connectivity index (χ4v) is 2.30. The molecule has 0 spiro atoms. The third kappa shape index (κ3) is 2.61. The van der Waals surface area contributed by atoms with Crippen molar-refractivity contribution in [3.8, 4) is 0 Å². The molecule has 1 heterocycles. The Morgan fingerprint density at radius 3 is 2.35 bits per heavy atom. The first-order valence-corrected chi connectivity index (χ1v) is 6.58. The van der Waals surface area contributed by atoms with E-state index >= 15 is 0 Å². The Labute approximate surface area is 104 Å². The summed E-state index contributed by atoms with van der Waals surface area (Å²) in [6.45, 7) is 8.93. The first-order chi connectivity index (χ1) is 7.99. The monoisotopic (exact) mass is 240 g/mol. The second-order valence-electron chi connectivity index (χ2n) is 5.00. The lowest BCUT2D eigenvalue weighted by Crippen LogP contribution is -2.66. The lowest BCUT2D eigenvalue weighted by atomic mass is 9.90. The van der Waals surface area contributed by atoms with E-state index in [2.05, 4.69) is 19.2 Å². The van der Waals surface area contributed by atoms with Crippen molar-refractivity contribution in [2.45, 2.75) is 52.5 Å². The molecule has 1 aliphatic rings. The maximum Gasteiger partial charge on any atom is 0.246 e. The van der Waals surface area contributed by atoms with Crippen LogP contribution in [0, 0.1) is 5.92 Å². The molecular formula is C13H24N2O2. The second-order valence-corrected chi connectivity index (χ2v) is 5.00. The zero-order valence-corrected chi connectivity index (χ0v) is 11.4. The molecule has 17 heavy (non-hydrogen) atoms. The summed E-state index contributed by atoms with van der Waals surface area (Å²) in [4.78, 5) is 25.7. The lowest BCUT2D eigenvalue weighted by molar-refractivity contribution is -0.153. The Hall–Kier alpha value is -1.06. The van der Waals surface area contributed by atoms with Crippen LogP contribution in [0.5, 0.6) is 0 Å². The lowest BCUT2D eigenvalue weighted by Gasteiger charge is -2.44. The van der Waals surface area contributed by atoms with E-state index in [1.807, 2.05) is 13.8 Å². The molecule has 0 saturated carbocycles. The third-order valence-corrected chi connectivity index (χ3v) is 4.07. The minimum Gasteiger partial charge on any atom is -0.345 e. The number of nitrogens with zero attached hydrogens (tertiary/aromatic N) is 1. The van der Waals surface area contributed by atoms with Gasteiger partial charge >= 0.3 is 0 Å². The molecular weight excluding hydrogens is 216 g/mol. The molecule has 1 rings (SSSR count). The van der Waals surface area contributed by atoms with Crippen LogP contribution in [0.1, 0.15) is 47.0 Å². The van der Waals surface area contributed by atoms with Crippen LogP contribution in [0.3, 0.4) is 0 Å². The van der Waals surface area contributed by atoms with E-state index in [-0.39, 0.29) is 18.4 Å². The fourth-order valence-electron chi connectivity index (χ4n) is 2.30. The average molecular weight is 240 g/mol. The SMILES string of the molecule is CCC(CC)CN1C(=O)CNC(=O)C1(C)CC. The summed E-state index contributed by atoms with van der Waals surface area (Å²) in [5.41, 5.74) is -0.669. The fraction of sp³-hybridized carbons (Fsp3) is 0.846. The summed E-state index contributed by atoms with van der Waals surface area (Å²) in [7, 11) is 0. The Morgan fingerprint density at radius 2 is 1.88 bits per heavy atom. The van der Waals surface area contributed by atoms with E-state index in [1.54, 1.807) is 4.90 Å². The van der Waals surface area contributed by atoms with Gasteiger partial charge in [-0.25, -0.2) is 0 Å². The number of carbonyl (C=O) groups is 2. The predicted molar refractivity (Wildman–Crippen MR) is 67.5 cm³/mol. The number of hydrogen-bond acceptors (Lipinski definition) is 2. The zero-order valence-electron chi connectivity index (χ0n) is 11.4. The van der Waals surface area contributed by atoms with E-state index in [9.17, 15) is 9.59 Å². The molecule has 1 saturated heterocycles. The van der Waals surface area contributed by atoms with Gasteiger partial charge in [0.25, 0.3) is 0 Å². The third-order valence-electron chi connectivity index (χ3n) is 4.07. The average Bonchev–Trinajstić information content (AvgIpc) is 2.34. The highest BCUT2D eigenvalue weighted by atomic mass is 16.2. The van der Waals surface area contributed by atoms with Crippen molar-refractivity contribution in [1.29, 1.82) is 0 Å². The molecule has 1 N–H and O–H groups in total. The minimum absolute atomic E-state index is 0.0226. The van der Waals surface area contributed by atoms with Crippen molar-refractivity contribution in [1.82, 2.24) is 10.2 Å². The summed E-state index contributed by atoms with van der Waals surface area (Å²) in [5.74, 6) is 0.502. The highest BCUT2D eigenvalue weighted by Crippen LogP contribution is 2.25. The van der Waals surface area contributed by atoms with Gasteiger partial charge in [0, 0.05) is 6.54 Å². The van der Waals surface area contributed by atoms with Crippen molar-refractivity contribution in [2.24, 2.45) is 5.92 Å².